The van der Waals surface area contributed by atoms with Crippen LogP contribution in [0.25, 0.3) is 32.7 Å². The zero-order chi connectivity index (χ0) is 22.7. The van der Waals surface area contributed by atoms with E-state index in [0.717, 1.165) is 0 Å². The fraction of sp³-hybridized carbons (Fsp3) is 0.0303. The highest BCUT2D eigenvalue weighted by molar-refractivity contribution is 7.22. The van der Waals surface area contributed by atoms with Gasteiger partial charge in [-0.1, -0.05) is 133 Å². The normalized spacial score (nSPS) is 13.7. The Morgan fingerprint density at radius 2 is 1.12 bits per heavy atom. The maximum Gasteiger partial charge on any atom is 0.180 e. The summed E-state index contributed by atoms with van der Waals surface area (Å²) in [6.07, 6.45) is 0. The van der Waals surface area contributed by atoms with E-state index in [9.17, 15) is 0 Å². The molecule has 0 aromatic heterocycles. The van der Waals surface area contributed by atoms with Crippen molar-refractivity contribution < 1.29 is 0 Å². The molecule has 0 amide bonds. The minimum absolute atomic E-state index is 1.30. The van der Waals surface area contributed by atoms with Gasteiger partial charge in [-0.2, -0.15) is 0 Å². The van der Waals surface area contributed by atoms with E-state index >= 15 is 0 Å². The molecule has 0 saturated heterocycles. The fourth-order valence-corrected chi connectivity index (χ4v) is 11.5. The van der Waals surface area contributed by atoms with Gasteiger partial charge >= 0.3 is 0 Å². The minimum atomic E-state index is -2.44. The van der Waals surface area contributed by atoms with Crippen molar-refractivity contribution >= 4 is 50.4 Å². The lowest BCUT2D eigenvalue weighted by molar-refractivity contribution is 1.49. The summed E-state index contributed by atoms with van der Waals surface area (Å²) in [4.78, 5) is 0. The molecule has 6 aromatic carbocycles. The van der Waals surface area contributed by atoms with Crippen LogP contribution < -0.4 is 20.7 Å². The first kappa shape index (κ1) is 19.5. The molecule has 0 N–H and O–H groups in total. The molecular formula is C33H24Si. The second-order valence-electron chi connectivity index (χ2n) is 9.40. The highest BCUT2D eigenvalue weighted by Crippen LogP contribution is 2.37. The van der Waals surface area contributed by atoms with Gasteiger partial charge in [0.15, 0.2) is 8.07 Å². The number of rotatable bonds is 2. The fourth-order valence-electron chi connectivity index (χ4n) is 6.19. The van der Waals surface area contributed by atoms with Gasteiger partial charge in [-0.3, -0.25) is 0 Å². The van der Waals surface area contributed by atoms with Crippen LogP contribution in [-0.4, -0.2) is 8.07 Å². The van der Waals surface area contributed by atoms with Crippen LogP contribution in [0.1, 0.15) is 5.56 Å². The molecule has 34 heavy (non-hydrogen) atoms. The third kappa shape index (κ3) is 2.53. The number of aryl methyl sites for hydroxylation is 1. The summed E-state index contributed by atoms with van der Waals surface area (Å²) < 4.78 is 0. The van der Waals surface area contributed by atoms with E-state index in [4.69, 9.17) is 0 Å². The number of fused-ring (bicyclic) bond motifs is 7. The third-order valence-electron chi connectivity index (χ3n) is 7.59. The maximum absolute atomic E-state index is 2.47. The second kappa shape index (κ2) is 7.28. The van der Waals surface area contributed by atoms with Gasteiger partial charge in [0.1, 0.15) is 0 Å². The molecule has 1 aliphatic rings. The topological polar surface area (TPSA) is 0 Å². The van der Waals surface area contributed by atoms with Gasteiger partial charge in [0.25, 0.3) is 0 Å². The zero-order valence-corrected chi connectivity index (χ0v) is 20.1. The molecule has 0 nitrogen and oxygen atoms in total. The molecule has 160 valence electrons. The molecule has 0 aliphatic carbocycles. The molecule has 0 saturated carbocycles. The lowest BCUT2D eigenvalue weighted by atomic mass is 9.94. The van der Waals surface area contributed by atoms with Crippen LogP contribution in [-0.2, 0) is 0 Å². The average molecular weight is 449 g/mol. The first-order valence-corrected chi connectivity index (χ1v) is 14.0. The Hall–Kier alpha value is -3.94. The van der Waals surface area contributed by atoms with Gasteiger partial charge in [-0.25, -0.2) is 0 Å². The Morgan fingerprint density at radius 1 is 0.471 bits per heavy atom. The lowest BCUT2D eigenvalue weighted by Gasteiger charge is -2.31. The Morgan fingerprint density at radius 3 is 1.85 bits per heavy atom. The first-order valence-electron chi connectivity index (χ1n) is 12.0. The van der Waals surface area contributed by atoms with Crippen LogP contribution in [0.4, 0.5) is 0 Å². The summed E-state index contributed by atoms with van der Waals surface area (Å²) in [5, 5.41) is 11.3. The number of hydrogen-bond donors (Lipinski definition) is 0. The summed E-state index contributed by atoms with van der Waals surface area (Å²) in [7, 11) is -2.44. The van der Waals surface area contributed by atoms with Gasteiger partial charge in [-0.15, -0.1) is 0 Å². The smallest absolute Gasteiger partial charge is 0.0623 e. The van der Waals surface area contributed by atoms with Crippen molar-refractivity contribution in [2.45, 2.75) is 6.92 Å². The van der Waals surface area contributed by atoms with Crippen LogP contribution in [0.5, 0.6) is 0 Å². The van der Waals surface area contributed by atoms with Crippen molar-refractivity contribution in [3.63, 3.8) is 0 Å². The summed E-state index contributed by atoms with van der Waals surface area (Å²) in [5.41, 5.74) is 4.16. The molecule has 6 aromatic rings. The number of hydrogen-bond acceptors (Lipinski definition) is 0. The van der Waals surface area contributed by atoms with Crippen molar-refractivity contribution in [3.05, 3.63) is 133 Å². The van der Waals surface area contributed by atoms with E-state index in [2.05, 4.69) is 134 Å². The van der Waals surface area contributed by atoms with Crippen LogP contribution in [0.2, 0.25) is 0 Å². The van der Waals surface area contributed by atoms with E-state index in [1.165, 1.54) is 59.0 Å². The Balaban J connectivity index is 1.71. The largest absolute Gasteiger partial charge is 0.180 e. The Kier molecular flexibility index (Phi) is 4.18. The summed E-state index contributed by atoms with van der Waals surface area (Å²) in [5.74, 6) is 0. The molecule has 0 spiro atoms. The molecule has 1 aliphatic heterocycles. The third-order valence-corrected chi connectivity index (χ3v) is 12.4. The highest BCUT2D eigenvalue weighted by atomic mass is 28.3. The van der Waals surface area contributed by atoms with E-state index < -0.39 is 8.07 Å². The highest BCUT2D eigenvalue weighted by Gasteiger charge is 2.49. The van der Waals surface area contributed by atoms with Crippen LogP contribution in [0.15, 0.2) is 127 Å². The Labute approximate surface area is 201 Å². The predicted molar refractivity (Wildman–Crippen MR) is 149 cm³/mol. The van der Waals surface area contributed by atoms with E-state index in [1.54, 1.807) is 0 Å². The van der Waals surface area contributed by atoms with Crippen molar-refractivity contribution in [3.8, 4) is 11.1 Å². The van der Waals surface area contributed by atoms with Crippen molar-refractivity contribution in [1.29, 1.82) is 0 Å². The van der Waals surface area contributed by atoms with Gasteiger partial charge in [0.2, 0.25) is 0 Å². The zero-order valence-electron chi connectivity index (χ0n) is 19.1. The molecular weight excluding hydrogens is 424 g/mol. The quantitative estimate of drug-likeness (QED) is 0.236. The molecule has 1 heteroatoms. The van der Waals surface area contributed by atoms with Gasteiger partial charge in [-0.05, 0) is 60.3 Å². The van der Waals surface area contributed by atoms with E-state index in [1.807, 2.05) is 0 Å². The van der Waals surface area contributed by atoms with Crippen LogP contribution >= 0.6 is 0 Å². The second-order valence-corrected chi connectivity index (χ2v) is 13.1. The Bertz CT molecular complexity index is 1660. The maximum atomic E-state index is 2.47. The summed E-state index contributed by atoms with van der Waals surface area (Å²) in [6, 6.07) is 47.8. The van der Waals surface area contributed by atoms with Crippen molar-refractivity contribution in [2.75, 3.05) is 0 Å². The molecule has 1 heterocycles. The molecule has 0 bridgehead atoms. The SMILES string of the molecule is Cc1ccc2c(c1)[Si](c1ccccc1)(c1ccccc1)c1ccc3c(ccc4ccccc43)c1-2. The summed E-state index contributed by atoms with van der Waals surface area (Å²) in [6.45, 7) is 2.23. The van der Waals surface area contributed by atoms with E-state index in [-0.39, 0.29) is 0 Å². The van der Waals surface area contributed by atoms with Gasteiger partial charge in [0.05, 0.1) is 0 Å². The molecule has 7 rings (SSSR count). The summed E-state index contributed by atoms with van der Waals surface area (Å²) >= 11 is 0. The average Bonchev–Trinajstić information content (AvgIpc) is 3.20. The number of benzene rings is 6. The first-order chi connectivity index (χ1) is 16.8. The van der Waals surface area contributed by atoms with Crippen molar-refractivity contribution in [1.82, 2.24) is 0 Å². The standard InChI is InChI=1S/C33H24Si/c1-23-16-18-30-32(22-23)34(25-11-4-2-5-12-25,26-13-6-3-7-14-26)31-21-20-28-27-15-9-8-10-24(27)17-19-29(28)33(30)31/h2-22H,1H3. The van der Waals surface area contributed by atoms with Gasteiger partial charge < -0.3 is 0 Å². The molecule has 0 radical (unpaired) electrons. The predicted octanol–water partition coefficient (Wildman–Crippen LogP) is 5.66. The molecule has 0 atom stereocenters. The monoisotopic (exact) mass is 448 g/mol. The minimum Gasteiger partial charge on any atom is -0.0623 e. The van der Waals surface area contributed by atoms with Gasteiger partial charge in [0, 0.05) is 0 Å². The molecule has 0 unspecified atom stereocenters. The van der Waals surface area contributed by atoms with Crippen molar-refractivity contribution in [2.24, 2.45) is 0 Å². The van der Waals surface area contributed by atoms with Crippen LogP contribution in [0, 0.1) is 6.92 Å². The van der Waals surface area contributed by atoms with E-state index in [0.29, 0.717) is 0 Å². The lowest BCUT2D eigenvalue weighted by Crippen LogP contribution is -2.72. The van der Waals surface area contributed by atoms with Crippen LogP contribution in [0.3, 0.4) is 0 Å². The molecule has 0 fully saturated rings.